The summed E-state index contributed by atoms with van der Waals surface area (Å²) in [5.41, 5.74) is 12.9. The van der Waals surface area contributed by atoms with E-state index >= 15 is 0 Å². The van der Waals surface area contributed by atoms with E-state index in [1.165, 1.54) is 64.9 Å². The summed E-state index contributed by atoms with van der Waals surface area (Å²) in [6.07, 6.45) is 0. The maximum absolute atomic E-state index is 2.41. The van der Waals surface area contributed by atoms with Crippen LogP contribution >= 0.6 is 11.8 Å². The van der Waals surface area contributed by atoms with Crippen LogP contribution in [0.1, 0.15) is 0 Å². The van der Waals surface area contributed by atoms with E-state index in [2.05, 4.69) is 227 Å². The first-order valence-electron chi connectivity index (χ1n) is 19.0. The molecule has 0 saturated heterocycles. The molecule has 4 heteroatoms. The first-order valence-corrected chi connectivity index (χ1v) is 19.8. The van der Waals surface area contributed by atoms with Gasteiger partial charge in [0, 0.05) is 48.7 Å². The Morgan fingerprint density at radius 1 is 0.375 bits per heavy atom. The number of benzene rings is 9. The van der Waals surface area contributed by atoms with E-state index in [4.69, 9.17) is 0 Å². The molecule has 0 N–H and O–H groups in total. The molecular formula is C52H35N3S. The Bertz CT molecular complexity index is 3060. The van der Waals surface area contributed by atoms with Crippen LogP contribution in [0, 0.1) is 0 Å². The number of nitrogens with zero attached hydrogens (tertiary/aromatic N) is 3. The van der Waals surface area contributed by atoms with Crippen molar-refractivity contribution in [3.63, 3.8) is 0 Å². The third-order valence-electron chi connectivity index (χ3n) is 10.9. The van der Waals surface area contributed by atoms with Gasteiger partial charge in [0.1, 0.15) is 0 Å². The van der Waals surface area contributed by atoms with Crippen LogP contribution in [0.15, 0.2) is 222 Å². The summed E-state index contributed by atoms with van der Waals surface area (Å²) in [7, 11) is 0. The van der Waals surface area contributed by atoms with E-state index in [0.717, 1.165) is 28.4 Å². The second-order valence-corrected chi connectivity index (χ2v) is 15.3. The van der Waals surface area contributed by atoms with Gasteiger partial charge in [-0.3, -0.25) is 0 Å². The number of fused-ring (bicyclic) bond motifs is 6. The molecule has 0 fully saturated rings. The van der Waals surface area contributed by atoms with Gasteiger partial charge >= 0.3 is 0 Å². The lowest BCUT2D eigenvalue weighted by Crippen LogP contribution is -2.14. The van der Waals surface area contributed by atoms with Crippen LogP contribution in [-0.2, 0) is 0 Å². The highest BCUT2D eigenvalue weighted by atomic mass is 32.2. The Balaban J connectivity index is 1.03. The third kappa shape index (κ3) is 5.37. The molecule has 3 nitrogen and oxygen atoms in total. The zero-order chi connectivity index (χ0) is 37.0. The fraction of sp³-hybridized carbons (Fsp3) is 0. The minimum Gasteiger partial charge on any atom is -0.310 e. The van der Waals surface area contributed by atoms with E-state index < -0.39 is 0 Å². The van der Waals surface area contributed by atoms with E-state index in [1.807, 2.05) is 11.8 Å². The number of anilines is 6. The van der Waals surface area contributed by atoms with Crippen molar-refractivity contribution in [3.05, 3.63) is 212 Å². The van der Waals surface area contributed by atoms with Gasteiger partial charge in [-0.05, 0) is 108 Å². The minimum atomic E-state index is 1.10. The van der Waals surface area contributed by atoms with Gasteiger partial charge in [-0.2, -0.15) is 0 Å². The molecule has 0 saturated carbocycles. The quantitative estimate of drug-likeness (QED) is 0.169. The van der Waals surface area contributed by atoms with Crippen molar-refractivity contribution in [1.82, 2.24) is 4.57 Å². The zero-order valence-electron chi connectivity index (χ0n) is 30.5. The van der Waals surface area contributed by atoms with Crippen molar-refractivity contribution in [2.45, 2.75) is 9.79 Å². The zero-order valence-corrected chi connectivity index (χ0v) is 31.3. The Labute approximate surface area is 330 Å². The topological polar surface area (TPSA) is 11.4 Å². The van der Waals surface area contributed by atoms with Crippen LogP contribution in [0.4, 0.5) is 34.1 Å². The number of hydrogen-bond donors (Lipinski definition) is 0. The Morgan fingerprint density at radius 3 is 1.84 bits per heavy atom. The lowest BCUT2D eigenvalue weighted by molar-refractivity contribution is 1.17. The third-order valence-corrected chi connectivity index (χ3v) is 12.0. The highest BCUT2D eigenvalue weighted by Crippen LogP contribution is 2.52. The molecule has 0 amide bonds. The molecule has 1 aliphatic heterocycles. The van der Waals surface area contributed by atoms with Crippen molar-refractivity contribution in [1.29, 1.82) is 0 Å². The maximum Gasteiger partial charge on any atom is 0.0602 e. The molecule has 11 rings (SSSR count). The van der Waals surface area contributed by atoms with Crippen LogP contribution in [0.3, 0.4) is 0 Å². The first-order chi connectivity index (χ1) is 27.8. The summed E-state index contributed by atoms with van der Waals surface area (Å²) < 4.78 is 2.38. The predicted molar refractivity (Wildman–Crippen MR) is 237 cm³/mol. The normalized spacial score (nSPS) is 12.2. The Morgan fingerprint density at radius 2 is 1.00 bits per heavy atom. The molecule has 10 aromatic rings. The number of aromatic nitrogens is 1. The average Bonchev–Trinajstić information content (AvgIpc) is 3.60. The highest BCUT2D eigenvalue weighted by Gasteiger charge is 2.25. The van der Waals surface area contributed by atoms with Crippen molar-refractivity contribution in [2.24, 2.45) is 0 Å². The van der Waals surface area contributed by atoms with Gasteiger partial charge in [-0.15, -0.1) is 0 Å². The molecule has 0 radical (unpaired) electrons. The molecule has 0 aliphatic carbocycles. The van der Waals surface area contributed by atoms with E-state index in [9.17, 15) is 0 Å². The fourth-order valence-electron chi connectivity index (χ4n) is 8.38. The summed E-state index contributed by atoms with van der Waals surface area (Å²) in [5, 5.41) is 4.88. The molecule has 0 bridgehead atoms. The van der Waals surface area contributed by atoms with Gasteiger partial charge in [-0.1, -0.05) is 133 Å². The van der Waals surface area contributed by atoms with Crippen LogP contribution in [0.2, 0.25) is 0 Å². The van der Waals surface area contributed by atoms with Crippen molar-refractivity contribution < 1.29 is 0 Å². The summed E-state index contributed by atoms with van der Waals surface area (Å²) in [5.74, 6) is 0. The molecule has 1 aromatic heterocycles. The second kappa shape index (κ2) is 13.4. The average molecular weight is 734 g/mol. The van der Waals surface area contributed by atoms with Gasteiger partial charge in [-0.25, -0.2) is 0 Å². The van der Waals surface area contributed by atoms with Gasteiger partial charge in [0.2, 0.25) is 0 Å². The molecule has 0 atom stereocenters. The van der Waals surface area contributed by atoms with E-state index in [0.29, 0.717) is 0 Å². The summed E-state index contributed by atoms with van der Waals surface area (Å²) >= 11 is 1.84. The number of hydrogen-bond acceptors (Lipinski definition) is 3. The van der Waals surface area contributed by atoms with Crippen molar-refractivity contribution in [2.75, 3.05) is 9.80 Å². The molecule has 0 spiro atoms. The molecule has 1 aliphatic rings. The van der Waals surface area contributed by atoms with Gasteiger partial charge in [0.05, 0.1) is 28.1 Å². The minimum absolute atomic E-state index is 1.10. The summed E-state index contributed by atoms with van der Waals surface area (Å²) in [6.45, 7) is 0. The van der Waals surface area contributed by atoms with Crippen LogP contribution < -0.4 is 9.80 Å². The Hall–Kier alpha value is -7.01. The number of para-hydroxylation sites is 4. The van der Waals surface area contributed by atoms with Crippen molar-refractivity contribution >= 4 is 78.5 Å². The van der Waals surface area contributed by atoms with Gasteiger partial charge < -0.3 is 14.4 Å². The molecule has 9 aromatic carbocycles. The van der Waals surface area contributed by atoms with E-state index in [1.54, 1.807) is 0 Å². The predicted octanol–water partition coefficient (Wildman–Crippen LogP) is 15.0. The van der Waals surface area contributed by atoms with Crippen LogP contribution in [0.5, 0.6) is 0 Å². The van der Waals surface area contributed by atoms with Gasteiger partial charge in [0.25, 0.3) is 0 Å². The first kappa shape index (κ1) is 32.4. The SMILES string of the molecule is c1ccc(N2c3ccccc3Sc3cc(-c4ccc(N(c5ccc6c(c5)c5ccccc5n6-c5ccccc5)c5cccc6ccccc56)cc4)ccc32)cc1. The van der Waals surface area contributed by atoms with Crippen LogP contribution in [-0.4, -0.2) is 4.57 Å². The highest BCUT2D eigenvalue weighted by molar-refractivity contribution is 7.99. The fourth-order valence-corrected chi connectivity index (χ4v) is 9.48. The van der Waals surface area contributed by atoms with Crippen molar-refractivity contribution in [3.8, 4) is 16.8 Å². The molecule has 264 valence electrons. The van der Waals surface area contributed by atoms with Gasteiger partial charge in [0.15, 0.2) is 0 Å². The van der Waals surface area contributed by atoms with E-state index in [-0.39, 0.29) is 0 Å². The summed E-state index contributed by atoms with van der Waals surface area (Å²) in [6, 6.07) is 76.9. The molecule has 0 unspecified atom stereocenters. The Kier molecular flexibility index (Phi) is 7.75. The maximum atomic E-state index is 2.41. The lowest BCUT2D eigenvalue weighted by Gasteiger charge is -2.33. The lowest BCUT2D eigenvalue weighted by atomic mass is 10.0. The smallest absolute Gasteiger partial charge is 0.0602 e. The molecule has 56 heavy (non-hydrogen) atoms. The summed E-state index contributed by atoms with van der Waals surface area (Å²) in [4.78, 5) is 7.29. The molecule has 2 heterocycles. The second-order valence-electron chi connectivity index (χ2n) is 14.2. The van der Waals surface area contributed by atoms with Crippen LogP contribution in [0.25, 0.3) is 49.4 Å². The molecular weight excluding hydrogens is 699 g/mol. The standard InChI is InChI=1S/C52H35N3S/c1-3-16-39(17-4-1)54-47-22-10-9-21-44(47)45-35-42(31-33-48(45)54)53(46-24-13-15-37-14-7-8-20-43(37)46)41-29-26-36(27-30-41)38-28-32-50-52(34-38)56-51-25-12-11-23-49(51)55(50)40-18-5-2-6-19-40/h1-35H. The largest absolute Gasteiger partial charge is 0.310 e. The monoisotopic (exact) mass is 733 g/mol. The number of rotatable bonds is 6.